The summed E-state index contributed by atoms with van der Waals surface area (Å²) < 4.78 is 7.55. The monoisotopic (exact) mass is 422 g/mol. The number of anilines is 1. The Kier molecular flexibility index (Phi) is 4.63. The van der Waals surface area contributed by atoms with Gasteiger partial charge in [0, 0.05) is 43.8 Å². The number of aryl methyl sites for hydroxylation is 1. The molecule has 3 aromatic heterocycles. The van der Waals surface area contributed by atoms with E-state index >= 15 is 0 Å². The third kappa shape index (κ3) is 3.29. The normalized spacial score (nSPS) is 14.5. The molecule has 0 atom stereocenters. The zero-order chi connectivity index (χ0) is 20.7. The molecular weight excluding hydrogens is 404 g/mol. The van der Waals surface area contributed by atoms with Crippen LogP contribution in [0.3, 0.4) is 0 Å². The van der Waals surface area contributed by atoms with Crippen molar-refractivity contribution in [3.63, 3.8) is 0 Å². The Bertz CT molecular complexity index is 1210. The van der Waals surface area contributed by atoms with E-state index in [1.54, 1.807) is 35.4 Å². The largest absolute Gasteiger partial charge is 0.451 e. The van der Waals surface area contributed by atoms with Crippen LogP contribution in [-0.2, 0) is 7.05 Å². The molecule has 5 rings (SSSR count). The second-order valence-corrected chi connectivity index (χ2v) is 7.59. The van der Waals surface area contributed by atoms with Gasteiger partial charge in [0.15, 0.2) is 11.4 Å². The first kappa shape index (κ1) is 18.6. The van der Waals surface area contributed by atoms with Gasteiger partial charge >= 0.3 is 0 Å². The minimum Gasteiger partial charge on any atom is -0.451 e. The first-order valence-electron chi connectivity index (χ1n) is 9.63. The summed E-state index contributed by atoms with van der Waals surface area (Å²) in [6, 6.07) is 10.9. The zero-order valence-corrected chi connectivity index (χ0v) is 17.1. The van der Waals surface area contributed by atoms with Crippen molar-refractivity contribution in [2.45, 2.75) is 0 Å². The number of aromatic nitrogens is 4. The molecule has 0 saturated carbocycles. The topological polar surface area (TPSA) is 80.3 Å². The number of furan rings is 1. The van der Waals surface area contributed by atoms with E-state index in [0.29, 0.717) is 42.7 Å². The van der Waals surface area contributed by atoms with Crippen molar-refractivity contribution in [3.05, 3.63) is 59.7 Å². The minimum atomic E-state index is -0.107. The van der Waals surface area contributed by atoms with Gasteiger partial charge < -0.3 is 14.2 Å². The van der Waals surface area contributed by atoms with Crippen LogP contribution in [0.25, 0.3) is 22.4 Å². The van der Waals surface area contributed by atoms with Crippen molar-refractivity contribution in [2.75, 3.05) is 31.1 Å². The standard InChI is InChI=1S/C21H19ClN6O2/c1-26-19-16(12-25-26)20(24-13-23-19)27-8-10-28(11-9-27)21(29)18-7-6-17(30-18)14-2-4-15(22)5-3-14/h2-7,12-13H,8-11H2,1H3. The van der Waals surface area contributed by atoms with Crippen LogP contribution >= 0.6 is 11.6 Å². The summed E-state index contributed by atoms with van der Waals surface area (Å²) in [5.41, 5.74) is 1.68. The van der Waals surface area contributed by atoms with Crippen LogP contribution in [0, 0.1) is 0 Å². The predicted octanol–water partition coefficient (Wildman–Crippen LogP) is 3.24. The van der Waals surface area contributed by atoms with Crippen LogP contribution in [0.1, 0.15) is 10.6 Å². The number of fused-ring (bicyclic) bond motifs is 1. The number of benzene rings is 1. The maximum absolute atomic E-state index is 12.9. The van der Waals surface area contributed by atoms with E-state index in [0.717, 1.165) is 22.4 Å². The maximum atomic E-state index is 12.9. The van der Waals surface area contributed by atoms with E-state index in [1.165, 1.54) is 0 Å². The Labute approximate surface area is 177 Å². The van der Waals surface area contributed by atoms with Gasteiger partial charge in [-0.15, -0.1) is 0 Å². The van der Waals surface area contributed by atoms with Crippen molar-refractivity contribution >= 4 is 34.4 Å². The lowest BCUT2D eigenvalue weighted by Gasteiger charge is -2.35. The molecule has 0 spiro atoms. The molecule has 0 radical (unpaired) electrons. The predicted molar refractivity (Wildman–Crippen MR) is 114 cm³/mol. The molecule has 152 valence electrons. The van der Waals surface area contributed by atoms with Crippen LogP contribution in [-0.4, -0.2) is 56.7 Å². The van der Waals surface area contributed by atoms with E-state index in [9.17, 15) is 4.79 Å². The fourth-order valence-corrected chi connectivity index (χ4v) is 3.83. The van der Waals surface area contributed by atoms with E-state index < -0.39 is 0 Å². The third-order valence-electron chi connectivity index (χ3n) is 5.32. The number of carbonyl (C=O) groups is 1. The average Bonchev–Trinajstić information content (AvgIpc) is 3.41. The first-order valence-corrected chi connectivity index (χ1v) is 10.0. The van der Waals surface area contributed by atoms with Gasteiger partial charge in [-0.3, -0.25) is 9.48 Å². The van der Waals surface area contributed by atoms with Gasteiger partial charge in [-0.2, -0.15) is 5.10 Å². The van der Waals surface area contributed by atoms with Crippen molar-refractivity contribution < 1.29 is 9.21 Å². The second kappa shape index (κ2) is 7.46. The van der Waals surface area contributed by atoms with Gasteiger partial charge in [-0.05, 0) is 36.4 Å². The number of nitrogens with zero attached hydrogens (tertiary/aromatic N) is 6. The summed E-state index contributed by atoms with van der Waals surface area (Å²) in [7, 11) is 1.86. The van der Waals surface area contributed by atoms with Gasteiger partial charge in [0.1, 0.15) is 17.9 Å². The van der Waals surface area contributed by atoms with E-state index in [4.69, 9.17) is 16.0 Å². The summed E-state index contributed by atoms with van der Waals surface area (Å²) in [6.07, 6.45) is 3.33. The summed E-state index contributed by atoms with van der Waals surface area (Å²) in [4.78, 5) is 25.6. The molecule has 9 heteroatoms. The van der Waals surface area contributed by atoms with Gasteiger partial charge in [0.25, 0.3) is 5.91 Å². The van der Waals surface area contributed by atoms with E-state index in [-0.39, 0.29) is 5.91 Å². The van der Waals surface area contributed by atoms with Crippen LogP contribution in [0.15, 0.2) is 53.3 Å². The number of carbonyl (C=O) groups excluding carboxylic acids is 1. The van der Waals surface area contributed by atoms with Crippen molar-refractivity contribution in [3.8, 4) is 11.3 Å². The molecule has 1 amide bonds. The second-order valence-electron chi connectivity index (χ2n) is 7.15. The molecule has 1 saturated heterocycles. The van der Waals surface area contributed by atoms with Crippen LogP contribution in [0.5, 0.6) is 0 Å². The third-order valence-corrected chi connectivity index (χ3v) is 5.57. The molecule has 0 bridgehead atoms. The number of halogens is 1. The minimum absolute atomic E-state index is 0.107. The van der Waals surface area contributed by atoms with Crippen LogP contribution in [0.4, 0.5) is 5.82 Å². The van der Waals surface area contributed by atoms with Gasteiger partial charge in [0.2, 0.25) is 0 Å². The lowest BCUT2D eigenvalue weighted by Crippen LogP contribution is -2.49. The van der Waals surface area contributed by atoms with Crippen molar-refractivity contribution in [2.24, 2.45) is 7.05 Å². The number of rotatable bonds is 3. The van der Waals surface area contributed by atoms with Gasteiger partial charge in [0.05, 0.1) is 11.6 Å². The van der Waals surface area contributed by atoms with Gasteiger partial charge in [-0.25, -0.2) is 9.97 Å². The molecule has 1 aliphatic rings. The Balaban J connectivity index is 1.28. The highest BCUT2D eigenvalue weighted by atomic mass is 35.5. The fraction of sp³-hybridized carbons (Fsp3) is 0.238. The molecule has 4 heterocycles. The molecule has 1 aromatic carbocycles. The summed E-state index contributed by atoms with van der Waals surface area (Å²) in [6.45, 7) is 2.53. The van der Waals surface area contributed by atoms with Crippen molar-refractivity contribution in [1.82, 2.24) is 24.6 Å². The number of hydrogen-bond acceptors (Lipinski definition) is 6. The maximum Gasteiger partial charge on any atom is 0.289 e. The molecule has 0 N–H and O–H groups in total. The molecular formula is C21H19ClN6O2. The molecule has 4 aromatic rings. The average molecular weight is 423 g/mol. The molecule has 1 aliphatic heterocycles. The molecule has 0 unspecified atom stereocenters. The number of amides is 1. The summed E-state index contributed by atoms with van der Waals surface area (Å²) in [5.74, 6) is 1.73. The number of piperazine rings is 1. The highest BCUT2D eigenvalue weighted by Crippen LogP contribution is 2.26. The molecule has 1 fully saturated rings. The van der Waals surface area contributed by atoms with Crippen LogP contribution < -0.4 is 4.90 Å². The Morgan fingerprint density at radius 1 is 1.03 bits per heavy atom. The highest BCUT2D eigenvalue weighted by Gasteiger charge is 2.26. The zero-order valence-electron chi connectivity index (χ0n) is 16.3. The number of hydrogen-bond donors (Lipinski definition) is 0. The van der Waals surface area contributed by atoms with Crippen LogP contribution in [0.2, 0.25) is 5.02 Å². The SMILES string of the molecule is Cn1ncc2c(N3CCN(C(=O)c4ccc(-c5ccc(Cl)cc5)o4)CC3)ncnc21. The smallest absolute Gasteiger partial charge is 0.289 e. The van der Waals surface area contributed by atoms with E-state index in [1.807, 2.05) is 30.1 Å². The molecule has 0 aliphatic carbocycles. The van der Waals surface area contributed by atoms with Gasteiger partial charge in [-0.1, -0.05) is 11.6 Å². The lowest BCUT2D eigenvalue weighted by atomic mass is 10.2. The quantitative estimate of drug-likeness (QED) is 0.504. The Morgan fingerprint density at radius 3 is 2.57 bits per heavy atom. The van der Waals surface area contributed by atoms with Crippen molar-refractivity contribution in [1.29, 1.82) is 0 Å². The fourth-order valence-electron chi connectivity index (χ4n) is 3.70. The first-order chi connectivity index (χ1) is 14.6. The Morgan fingerprint density at radius 2 is 1.80 bits per heavy atom. The Hall–Kier alpha value is -3.39. The highest BCUT2D eigenvalue weighted by molar-refractivity contribution is 6.30. The lowest BCUT2D eigenvalue weighted by molar-refractivity contribution is 0.0715. The molecule has 8 nitrogen and oxygen atoms in total. The summed E-state index contributed by atoms with van der Waals surface area (Å²) >= 11 is 5.94. The van der Waals surface area contributed by atoms with E-state index in [2.05, 4.69) is 20.0 Å². The summed E-state index contributed by atoms with van der Waals surface area (Å²) in [5, 5.41) is 5.84. The molecule has 30 heavy (non-hydrogen) atoms.